The van der Waals surface area contributed by atoms with E-state index < -0.39 is 20.7 Å². The predicted molar refractivity (Wildman–Crippen MR) is 95.1 cm³/mol. The third-order valence-electron chi connectivity index (χ3n) is 2.55. The summed E-state index contributed by atoms with van der Waals surface area (Å²) < 4.78 is 14.9. The van der Waals surface area contributed by atoms with E-state index in [0.717, 1.165) is 5.56 Å². The molecular weight excluding hydrogens is 403 g/mol. The quantitative estimate of drug-likeness (QED) is 0.751. The van der Waals surface area contributed by atoms with Crippen molar-refractivity contribution in [2.45, 2.75) is 8.69 Å². The zero-order valence-electron chi connectivity index (χ0n) is 11.7. The number of nitrogens with one attached hydrogen (secondary N) is 1. The molecule has 1 amide bonds. The zero-order chi connectivity index (χ0) is 17.0. The van der Waals surface area contributed by atoms with Crippen LogP contribution in [0.4, 0.5) is 9.93 Å². The molecule has 0 aliphatic rings. The van der Waals surface area contributed by atoms with Gasteiger partial charge in [0, 0.05) is 22.1 Å². The lowest BCUT2D eigenvalue weighted by Gasteiger charge is -2.10. The minimum Gasteiger partial charge on any atom is -0.445 e. The van der Waals surface area contributed by atoms with Crippen molar-refractivity contribution in [2.24, 2.45) is 0 Å². The highest BCUT2D eigenvalue weighted by Gasteiger charge is 2.22. The van der Waals surface area contributed by atoms with E-state index in [1.165, 1.54) is 11.3 Å². The van der Waals surface area contributed by atoms with Crippen LogP contribution in [0.15, 0.2) is 34.5 Å². The Bertz CT molecular complexity index is 731. The summed E-state index contributed by atoms with van der Waals surface area (Å²) in [5.74, 6) is 0. The van der Waals surface area contributed by atoms with Crippen molar-refractivity contribution >= 4 is 68.2 Å². The van der Waals surface area contributed by atoms with Crippen molar-refractivity contribution in [2.75, 3.05) is 18.2 Å². The average Bonchev–Trinajstić information content (AvgIpc) is 2.92. The summed E-state index contributed by atoms with van der Waals surface area (Å²) in [7, 11) is -1.15. The van der Waals surface area contributed by atoms with E-state index in [9.17, 15) is 9.00 Å². The number of benzene rings is 1. The van der Waals surface area contributed by atoms with Gasteiger partial charge in [-0.1, -0.05) is 53.0 Å². The molecule has 10 heteroatoms. The van der Waals surface area contributed by atoms with E-state index in [-0.39, 0.29) is 6.61 Å². The first-order valence-corrected chi connectivity index (χ1v) is 9.72. The van der Waals surface area contributed by atoms with E-state index in [1.807, 2.05) is 12.1 Å². The molecule has 1 unspecified atom stereocenters. The molecule has 2 aromatic rings. The van der Waals surface area contributed by atoms with Crippen molar-refractivity contribution in [1.82, 2.24) is 4.98 Å². The summed E-state index contributed by atoms with van der Waals surface area (Å²) in [5, 5.41) is 4.52. The second-order valence-electron chi connectivity index (χ2n) is 4.30. The van der Waals surface area contributed by atoms with Gasteiger partial charge in [-0.2, -0.15) is 0 Å². The Hall–Kier alpha value is -0.860. The van der Waals surface area contributed by atoms with Crippen LogP contribution in [0.3, 0.4) is 0 Å². The molecule has 0 aliphatic carbocycles. The fourth-order valence-electron chi connectivity index (χ4n) is 1.65. The molecule has 1 N–H and O–H groups in total. The van der Waals surface area contributed by atoms with Crippen LogP contribution >= 0.6 is 46.1 Å². The van der Waals surface area contributed by atoms with Crippen molar-refractivity contribution in [3.63, 3.8) is 0 Å². The van der Waals surface area contributed by atoms with Crippen LogP contribution in [0.2, 0.25) is 0 Å². The molecule has 1 aromatic heterocycles. The number of carbonyl (C=O) groups is 1. The number of hydrogen-bond donors (Lipinski definition) is 1. The number of rotatable bonds is 4. The molecule has 0 saturated carbocycles. The number of anilines is 1. The number of amides is 1. The van der Waals surface area contributed by atoms with Crippen molar-refractivity contribution in [1.29, 1.82) is 0 Å². The van der Waals surface area contributed by atoms with Gasteiger partial charge in [0.05, 0.1) is 16.5 Å². The molecule has 1 aromatic carbocycles. The fourth-order valence-corrected chi connectivity index (χ4v) is 3.27. The highest BCUT2D eigenvalue weighted by atomic mass is 35.6. The SMILES string of the molecule is CS(=O)c1ccccc1-c1csc(NC(=O)OCC(Cl)(Cl)Cl)n1. The first-order chi connectivity index (χ1) is 10.8. The molecule has 0 bridgehead atoms. The van der Waals surface area contributed by atoms with E-state index >= 15 is 0 Å². The molecule has 0 spiro atoms. The van der Waals surface area contributed by atoms with Gasteiger partial charge in [0.2, 0.25) is 3.79 Å². The molecule has 0 radical (unpaired) electrons. The Morgan fingerprint density at radius 1 is 1.39 bits per heavy atom. The lowest BCUT2D eigenvalue weighted by Crippen LogP contribution is -2.21. The van der Waals surface area contributed by atoms with Crippen LogP contribution in [0.1, 0.15) is 0 Å². The lowest BCUT2D eigenvalue weighted by atomic mass is 10.2. The lowest BCUT2D eigenvalue weighted by molar-refractivity contribution is 0.164. The maximum absolute atomic E-state index is 11.8. The molecule has 0 fully saturated rings. The number of ether oxygens (including phenoxy) is 1. The number of carbonyl (C=O) groups excluding carboxylic acids is 1. The molecule has 5 nitrogen and oxygen atoms in total. The van der Waals surface area contributed by atoms with Crippen LogP contribution in [-0.4, -0.2) is 31.9 Å². The average molecular weight is 414 g/mol. The summed E-state index contributed by atoms with van der Waals surface area (Å²) in [5.41, 5.74) is 1.35. The molecule has 23 heavy (non-hydrogen) atoms. The number of nitrogens with zero attached hydrogens (tertiary/aromatic N) is 1. The summed E-state index contributed by atoms with van der Waals surface area (Å²) in [6, 6.07) is 7.22. The Labute approximate surface area is 154 Å². The molecule has 1 atom stereocenters. The Morgan fingerprint density at radius 2 is 2.09 bits per heavy atom. The molecule has 0 aliphatic heterocycles. The van der Waals surface area contributed by atoms with Gasteiger partial charge in [-0.3, -0.25) is 9.53 Å². The van der Waals surface area contributed by atoms with Crippen LogP contribution in [0.5, 0.6) is 0 Å². The van der Waals surface area contributed by atoms with Crippen LogP contribution < -0.4 is 5.32 Å². The maximum Gasteiger partial charge on any atom is 0.413 e. The van der Waals surface area contributed by atoms with Crippen LogP contribution in [-0.2, 0) is 15.5 Å². The highest BCUT2D eigenvalue weighted by Crippen LogP contribution is 2.29. The van der Waals surface area contributed by atoms with Crippen molar-refractivity contribution in [3.05, 3.63) is 29.6 Å². The van der Waals surface area contributed by atoms with Gasteiger partial charge in [0.25, 0.3) is 0 Å². The minimum absolute atomic E-state index is 0.325. The number of halogens is 3. The normalized spacial score (nSPS) is 12.7. The van der Waals surface area contributed by atoms with E-state index in [1.54, 1.807) is 23.8 Å². The largest absolute Gasteiger partial charge is 0.445 e. The standard InChI is InChI=1S/C13H11Cl3N2O3S2/c1-23(20)10-5-3-2-4-8(10)9-6-22-11(17-9)18-12(19)21-7-13(14,15)16/h2-6H,7H2,1H3,(H,17,18,19). The Morgan fingerprint density at radius 3 is 2.74 bits per heavy atom. The highest BCUT2D eigenvalue weighted by molar-refractivity contribution is 7.84. The number of hydrogen-bond acceptors (Lipinski definition) is 5. The van der Waals surface area contributed by atoms with Gasteiger partial charge in [0.1, 0.15) is 6.61 Å². The van der Waals surface area contributed by atoms with Crippen LogP contribution in [0.25, 0.3) is 11.3 Å². The van der Waals surface area contributed by atoms with E-state index in [2.05, 4.69) is 10.3 Å². The second kappa shape index (κ2) is 7.81. The van der Waals surface area contributed by atoms with Crippen molar-refractivity contribution < 1.29 is 13.7 Å². The summed E-state index contributed by atoms with van der Waals surface area (Å²) in [6.45, 7) is -0.376. The second-order valence-corrected chi connectivity index (χ2v) is 9.03. The number of alkyl halides is 3. The minimum atomic E-state index is -1.67. The first-order valence-electron chi connectivity index (χ1n) is 6.15. The van der Waals surface area contributed by atoms with Gasteiger partial charge >= 0.3 is 6.09 Å². The third-order valence-corrected chi connectivity index (χ3v) is 4.61. The Balaban J connectivity index is 2.10. The van der Waals surface area contributed by atoms with Gasteiger partial charge < -0.3 is 4.74 Å². The first kappa shape index (κ1) is 18.5. The molecule has 124 valence electrons. The molecule has 1 heterocycles. The van der Waals surface area contributed by atoms with Crippen molar-refractivity contribution in [3.8, 4) is 11.3 Å². The smallest absolute Gasteiger partial charge is 0.413 e. The van der Waals surface area contributed by atoms with Gasteiger partial charge in [-0.15, -0.1) is 11.3 Å². The zero-order valence-corrected chi connectivity index (χ0v) is 15.6. The molecular formula is C13H11Cl3N2O3S2. The fraction of sp³-hybridized carbons (Fsp3) is 0.231. The molecule has 0 saturated heterocycles. The topological polar surface area (TPSA) is 68.3 Å². The summed E-state index contributed by atoms with van der Waals surface area (Å²) in [4.78, 5) is 16.5. The van der Waals surface area contributed by atoms with Gasteiger partial charge in [0.15, 0.2) is 5.13 Å². The number of thiazole rings is 1. The van der Waals surface area contributed by atoms with Gasteiger partial charge in [-0.05, 0) is 6.07 Å². The summed E-state index contributed by atoms with van der Waals surface area (Å²) >= 11 is 17.7. The number of aromatic nitrogens is 1. The third kappa shape index (κ3) is 5.61. The monoisotopic (exact) mass is 412 g/mol. The van der Waals surface area contributed by atoms with E-state index in [0.29, 0.717) is 15.7 Å². The molecule has 2 rings (SSSR count). The van der Waals surface area contributed by atoms with Gasteiger partial charge in [-0.25, -0.2) is 9.78 Å². The maximum atomic E-state index is 11.8. The van der Waals surface area contributed by atoms with Crippen LogP contribution in [0, 0.1) is 0 Å². The summed E-state index contributed by atoms with van der Waals surface area (Å²) in [6.07, 6.45) is 0.822. The van der Waals surface area contributed by atoms with E-state index in [4.69, 9.17) is 39.5 Å². The Kier molecular flexibility index (Phi) is 6.27. The predicted octanol–water partition coefficient (Wildman–Crippen LogP) is 4.47.